The summed E-state index contributed by atoms with van der Waals surface area (Å²) in [6.07, 6.45) is 0.488. The van der Waals surface area contributed by atoms with Crippen LogP contribution in [-0.4, -0.2) is 48.6 Å². The van der Waals surface area contributed by atoms with E-state index in [0.29, 0.717) is 18.8 Å². The number of phenols is 1. The van der Waals surface area contributed by atoms with E-state index in [1.807, 2.05) is 0 Å². The fourth-order valence-corrected chi connectivity index (χ4v) is 1.91. The quantitative estimate of drug-likeness (QED) is 0.729. The van der Waals surface area contributed by atoms with E-state index in [1.165, 1.54) is 19.2 Å². The molecule has 6 heteroatoms. The first-order chi connectivity index (χ1) is 9.04. The van der Waals surface area contributed by atoms with Crippen molar-refractivity contribution in [3.05, 3.63) is 23.8 Å². The van der Waals surface area contributed by atoms with Crippen molar-refractivity contribution in [2.45, 2.75) is 12.0 Å². The summed E-state index contributed by atoms with van der Waals surface area (Å²) in [7, 11) is 1.48. The monoisotopic (exact) mass is 267 g/mol. The van der Waals surface area contributed by atoms with Crippen LogP contribution >= 0.6 is 0 Å². The zero-order valence-corrected chi connectivity index (χ0v) is 10.7. The number of rotatable bonds is 4. The molecule has 1 atom stereocenters. The molecule has 0 aromatic heterocycles. The van der Waals surface area contributed by atoms with E-state index in [-0.39, 0.29) is 24.5 Å². The standard InChI is InChI=1S/C13H17NO5/c1-18-9-2-3-10(11(15)6-9)12(16)14-7-13(17)4-5-19-8-13/h2-3,6,15,17H,4-5,7-8H2,1H3,(H,14,16). The third kappa shape index (κ3) is 3.15. The number of hydrogen-bond donors (Lipinski definition) is 3. The number of carbonyl (C=O) groups is 1. The highest BCUT2D eigenvalue weighted by atomic mass is 16.5. The fraction of sp³-hybridized carbons (Fsp3) is 0.462. The van der Waals surface area contributed by atoms with E-state index in [9.17, 15) is 15.0 Å². The average Bonchev–Trinajstić information content (AvgIpc) is 2.83. The predicted octanol–water partition coefficient (Wildman–Crippen LogP) is 0.282. The van der Waals surface area contributed by atoms with Gasteiger partial charge in [0.2, 0.25) is 0 Å². The molecule has 1 fully saturated rings. The van der Waals surface area contributed by atoms with Gasteiger partial charge in [-0.25, -0.2) is 0 Å². The number of aliphatic hydroxyl groups is 1. The van der Waals surface area contributed by atoms with Gasteiger partial charge in [-0.05, 0) is 12.1 Å². The van der Waals surface area contributed by atoms with E-state index in [4.69, 9.17) is 9.47 Å². The maximum Gasteiger partial charge on any atom is 0.255 e. The van der Waals surface area contributed by atoms with Gasteiger partial charge in [-0.1, -0.05) is 0 Å². The highest BCUT2D eigenvalue weighted by molar-refractivity contribution is 5.97. The van der Waals surface area contributed by atoms with Gasteiger partial charge in [0.15, 0.2) is 0 Å². The molecule has 6 nitrogen and oxygen atoms in total. The number of amides is 1. The van der Waals surface area contributed by atoms with E-state index in [1.54, 1.807) is 6.07 Å². The Morgan fingerprint density at radius 1 is 1.58 bits per heavy atom. The Bertz CT molecular complexity index is 468. The first kappa shape index (κ1) is 13.6. The van der Waals surface area contributed by atoms with Crippen molar-refractivity contribution in [2.24, 2.45) is 0 Å². The van der Waals surface area contributed by atoms with Gasteiger partial charge in [0, 0.05) is 25.6 Å². The molecule has 1 heterocycles. The van der Waals surface area contributed by atoms with Crippen molar-refractivity contribution in [1.29, 1.82) is 0 Å². The van der Waals surface area contributed by atoms with E-state index >= 15 is 0 Å². The van der Waals surface area contributed by atoms with Gasteiger partial charge in [-0.3, -0.25) is 4.79 Å². The van der Waals surface area contributed by atoms with Gasteiger partial charge in [-0.2, -0.15) is 0 Å². The number of ether oxygens (including phenoxy) is 2. The van der Waals surface area contributed by atoms with E-state index < -0.39 is 11.5 Å². The molecule has 0 radical (unpaired) electrons. The van der Waals surface area contributed by atoms with Gasteiger partial charge in [0.25, 0.3) is 5.91 Å². The molecule has 2 rings (SSSR count). The van der Waals surface area contributed by atoms with Crippen LogP contribution in [0, 0.1) is 0 Å². The molecule has 3 N–H and O–H groups in total. The zero-order chi connectivity index (χ0) is 13.9. The smallest absolute Gasteiger partial charge is 0.255 e. The molecule has 19 heavy (non-hydrogen) atoms. The fourth-order valence-electron chi connectivity index (χ4n) is 1.91. The van der Waals surface area contributed by atoms with Crippen molar-refractivity contribution < 1.29 is 24.5 Å². The van der Waals surface area contributed by atoms with Gasteiger partial charge in [0.1, 0.15) is 17.1 Å². The van der Waals surface area contributed by atoms with Crippen LogP contribution in [0.3, 0.4) is 0 Å². The normalized spacial score (nSPS) is 22.2. The SMILES string of the molecule is COc1ccc(C(=O)NCC2(O)CCOC2)c(O)c1. The van der Waals surface area contributed by atoms with Crippen LogP contribution in [0.4, 0.5) is 0 Å². The van der Waals surface area contributed by atoms with Crippen LogP contribution < -0.4 is 10.1 Å². The van der Waals surface area contributed by atoms with E-state index in [0.717, 1.165) is 0 Å². The third-order valence-electron chi connectivity index (χ3n) is 3.11. The first-order valence-electron chi connectivity index (χ1n) is 5.99. The molecule has 0 aliphatic carbocycles. The predicted molar refractivity (Wildman–Crippen MR) is 67.4 cm³/mol. The summed E-state index contributed by atoms with van der Waals surface area (Å²) in [6, 6.07) is 4.42. The molecular weight excluding hydrogens is 250 g/mol. The van der Waals surface area contributed by atoms with Crippen molar-refractivity contribution >= 4 is 5.91 Å². The van der Waals surface area contributed by atoms with Crippen LogP contribution in [0.1, 0.15) is 16.8 Å². The second kappa shape index (κ2) is 5.46. The van der Waals surface area contributed by atoms with Gasteiger partial charge in [0.05, 0.1) is 19.3 Å². The summed E-state index contributed by atoms with van der Waals surface area (Å²) >= 11 is 0. The van der Waals surface area contributed by atoms with Crippen LogP contribution in [-0.2, 0) is 4.74 Å². The number of hydrogen-bond acceptors (Lipinski definition) is 5. The van der Waals surface area contributed by atoms with Crippen LogP contribution in [0.15, 0.2) is 18.2 Å². The number of aromatic hydroxyl groups is 1. The van der Waals surface area contributed by atoms with Gasteiger partial charge >= 0.3 is 0 Å². The Labute approximate surface area is 111 Å². The van der Waals surface area contributed by atoms with Gasteiger partial charge < -0.3 is 25.0 Å². The summed E-state index contributed by atoms with van der Waals surface area (Å²) in [5.74, 6) is -0.135. The first-order valence-corrected chi connectivity index (χ1v) is 5.99. The molecular formula is C13H17NO5. The van der Waals surface area contributed by atoms with Crippen LogP contribution in [0.5, 0.6) is 11.5 Å². The highest BCUT2D eigenvalue weighted by Gasteiger charge is 2.32. The Morgan fingerprint density at radius 2 is 2.37 bits per heavy atom. The average molecular weight is 267 g/mol. The van der Waals surface area contributed by atoms with Crippen molar-refractivity contribution in [2.75, 3.05) is 26.9 Å². The molecule has 1 saturated heterocycles. The highest BCUT2D eigenvalue weighted by Crippen LogP contribution is 2.23. The molecule has 104 valence electrons. The molecule has 1 amide bonds. The minimum absolute atomic E-state index is 0.0945. The minimum atomic E-state index is -1.02. The van der Waals surface area contributed by atoms with E-state index in [2.05, 4.69) is 5.32 Å². The molecule has 1 aliphatic rings. The van der Waals surface area contributed by atoms with Crippen LogP contribution in [0.2, 0.25) is 0 Å². The summed E-state index contributed by atoms with van der Waals surface area (Å²) in [6.45, 7) is 0.791. The Hall–Kier alpha value is -1.79. The lowest BCUT2D eigenvalue weighted by molar-refractivity contribution is 0.0264. The maximum absolute atomic E-state index is 11.9. The number of nitrogens with one attached hydrogen (secondary N) is 1. The number of methoxy groups -OCH3 is 1. The lowest BCUT2D eigenvalue weighted by atomic mass is 10.0. The summed E-state index contributed by atoms with van der Waals surface area (Å²) < 4.78 is 10.0. The molecule has 1 aromatic carbocycles. The van der Waals surface area contributed by atoms with Crippen molar-refractivity contribution in [1.82, 2.24) is 5.32 Å². The lowest BCUT2D eigenvalue weighted by Gasteiger charge is -2.20. The van der Waals surface area contributed by atoms with Crippen molar-refractivity contribution in [3.8, 4) is 11.5 Å². The second-order valence-electron chi connectivity index (χ2n) is 4.59. The molecule has 0 saturated carbocycles. The molecule has 1 aliphatic heterocycles. The second-order valence-corrected chi connectivity index (χ2v) is 4.59. The maximum atomic E-state index is 11.9. The molecule has 1 unspecified atom stereocenters. The molecule has 1 aromatic rings. The van der Waals surface area contributed by atoms with Crippen LogP contribution in [0.25, 0.3) is 0 Å². The summed E-state index contributed by atoms with van der Waals surface area (Å²) in [4.78, 5) is 11.9. The largest absolute Gasteiger partial charge is 0.507 e. The Morgan fingerprint density at radius 3 is 2.95 bits per heavy atom. The Balaban J connectivity index is 2.00. The Kier molecular flexibility index (Phi) is 3.92. The number of phenolic OH excluding ortho intramolecular Hbond substituents is 1. The molecule has 0 spiro atoms. The number of carbonyl (C=O) groups excluding carboxylic acids is 1. The summed E-state index contributed by atoms with van der Waals surface area (Å²) in [5.41, 5.74) is -0.874. The van der Waals surface area contributed by atoms with Gasteiger partial charge in [-0.15, -0.1) is 0 Å². The molecule has 0 bridgehead atoms. The minimum Gasteiger partial charge on any atom is -0.507 e. The lowest BCUT2D eigenvalue weighted by Crippen LogP contribution is -2.43. The summed E-state index contributed by atoms with van der Waals surface area (Å²) in [5, 5.41) is 22.3. The number of benzene rings is 1. The van der Waals surface area contributed by atoms with Crippen molar-refractivity contribution in [3.63, 3.8) is 0 Å². The topological polar surface area (TPSA) is 88.0 Å². The zero-order valence-electron chi connectivity index (χ0n) is 10.7. The third-order valence-corrected chi connectivity index (χ3v) is 3.11.